The maximum absolute atomic E-state index is 13.5. The third-order valence-electron chi connectivity index (χ3n) is 5.58. The molecule has 0 aliphatic carbocycles. The second-order valence-electron chi connectivity index (χ2n) is 15.6. The number of amides is 4. The Labute approximate surface area is 269 Å². The average Bonchev–Trinajstić information content (AvgIpc) is 2.97. The molecule has 1 aliphatic heterocycles. The lowest BCUT2D eigenvalue weighted by atomic mass is 10.0. The standard InChI is InChI=1S/C34H51N3O8/c1-30(2,3)36(28(41)44-33(10,11)12)20-16-18-23-24(27(40)35(26(23)39)22-25(38)43-32(7,8)9)19-17-21-37(31(4,5)6)29(42)45-34(13,14)15/h18,24H,21-22H2,1-15H3/b23-18+. The van der Waals surface area contributed by atoms with Gasteiger partial charge in [0.25, 0.3) is 5.91 Å². The van der Waals surface area contributed by atoms with E-state index in [4.69, 9.17) is 14.2 Å². The Hall–Kier alpha value is -3.99. The van der Waals surface area contributed by atoms with Crippen LogP contribution in [0.4, 0.5) is 9.59 Å². The second-order valence-corrected chi connectivity index (χ2v) is 15.6. The van der Waals surface area contributed by atoms with Gasteiger partial charge in [-0.05, 0) is 104 Å². The molecule has 11 nitrogen and oxygen atoms in total. The van der Waals surface area contributed by atoms with E-state index in [-0.39, 0.29) is 12.1 Å². The molecule has 0 aromatic heterocycles. The Morgan fingerprint density at radius 1 is 0.756 bits per heavy atom. The molecular formula is C34H51N3O8. The molecule has 1 unspecified atom stereocenters. The molecule has 250 valence electrons. The van der Waals surface area contributed by atoms with Crippen LogP contribution in [-0.2, 0) is 28.6 Å². The number of allylic oxidation sites excluding steroid dienone is 1. The van der Waals surface area contributed by atoms with Gasteiger partial charge < -0.3 is 14.2 Å². The van der Waals surface area contributed by atoms with Crippen molar-refractivity contribution in [3.8, 4) is 23.8 Å². The first kappa shape index (κ1) is 39.0. The average molecular weight is 630 g/mol. The quantitative estimate of drug-likeness (QED) is 0.103. The molecule has 1 fully saturated rings. The highest BCUT2D eigenvalue weighted by Crippen LogP contribution is 2.26. The third kappa shape index (κ3) is 12.9. The lowest BCUT2D eigenvalue weighted by Gasteiger charge is -2.35. The summed E-state index contributed by atoms with van der Waals surface area (Å²) in [7, 11) is 0. The molecule has 4 amide bonds. The van der Waals surface area contributed by atoms with Crippen LogP contribution in [0.5, 0.6) is 0 Å². The van der Waals surface area contributed by atoms with E-state index in [9.17, 15) is 24.0 Å². The van der Waals surface area contributed by atoms with Crippen molar-refractivity contribution in [1.29, 1.82) is 0 Å². The third-order valence-corrected chi connectivity index (χ3v) is 5.58. The van der Waals surface area contributed by atoms with Crippen LogP contribution in [0.3, 0.4) is 0 Å². The van der Waals surface area contributed by atoms with Gasteiger partial charge in [0.05, 0.1) is 17.7 Å². The van der Waals surface area contributed by atoms with Gasteiger partial charge in [0.15, 0.2) is 0 Å². The number of ether oxygens (including phenoxy) is 3. The number of nitrogens with zero attached hydrogens (tertiary/aromatic N) is 3. The smallest absolute Gasteiger partial charge is 0.422 e. The van der Waals surface area contributed by atoms with E-state index < -0.39 is 70.3 Å². The zero-order valence-electron chi connectivity index (χ0n) is 29.7. The number of hydrogen-bond donors (Lipinski definition) is 0. The Bertz CT molecular complexity index is 1320. The fraction of sp³-hybridized carbons (Fsp3) is 0.676. The highest BCUT2D eigenvalue weighted by atomic mass is 16.6. The van der Waals surface area contributed by atoms with Crippen molar-refractivity contribution in [3.05, 3.63) is 11.6 Å². The summed E-state index contributed by atoms with van der Waals surface area (Å²) in [4.78, 5) is 68.6. The predicted molar refractivity (Wildman–Crippen MR) is 170 cm³/mol. The Kier molecular flexibility index (Phi) is 12.1. The van der Waals surface area contributed by atoms with Crippen LogP contribution in [0, 0.1) is 29.7 Å². The summed E-state index contributed by atoms with van der Waals surface area (Å²) in [6, 6.07) is 2.72. The molecule has 0 aromatic rings. The molecule has 1 heterocycles. The van der Waals surface area contributed by atoms with E-state index in [1.165, 1.54) is 15.9 Å². The zero-order valence-corrected chi connectivity index (χ0v) is 29.7. The molecular weight excluding hydrogens is 578 g/mol. The summed E-state index contributed by atoms with van der Waals surface area (Å²) in [6.45, 7) is 25.5. The first-order chi connectivity index (χ1) is 20.0. The number of esters is 1. The Morgan fingerprint density at radius 2 is 1.24 bits per heavy atom. The van der Waals surface area contributed by atoms with Crippen molar-refractivity contribution in [2.24, 2.45) is 5.92 Å². The van der Waals surface area contributed by atoms with Gasteiger partial charge in [-0.25, -0.2) is 14.5 Å². The van der Waals surface area contributed by atoms with Gasteiger partial charge in [-0.3, -0.25) is 24.2 Å². The normalized spacial score (nSPS) is 16.7. The SMILES string of the molecule is CC(C)(C)OC(=O)CN1C(=O)/C(=C/C#CN(C(=O)OC(C)(C)C)C(C)(C)C)C(C#CCN(C(=O)OC(C)(C)C)C(C)(C)C)C1=O. The predicted octanol–water partition coefficient (Wildman–Crippen LogP) is 5.28. The number of carbonyl (C=O) groups is 5. The zero-order chi connectivity index (χ0) is 35.3. The molecule has 45 heavy (non-hydrogen) atoms. The molecule has 1 saturated heterocycles. The van der Waals surface area contributed by atoms with Crippen molar-refractivity contribution >= 4 is 30.0 Å². The maximum Gasteiger partial charge on any atom is 0.422 e. The monoisotopic (exact) mass is 629 g/mol. The summed E-state index contributed by atoms with van der Waals surface area (Å²) in [5.41, 5.74) is -3.85. The van der Waals surface area contributed by atoms with Gasteiger partial charge in [-0.1, -0.05) is 17.8 Å². The minimum absolute atomic E-state index is 0.0822. The molecule has 1 rings (SSSR count). The van der Waals surface area contributed by atoms with Crippen molar-refractivity contribution in [2.75, 3.05) is 13.1 Å². The van der Waals surface area contributed by atoms with Crippen molar-refractivity contribution in [2.45, 2.75) is 132 Å². The second kappa shape index (κ2) is 14.0. The number of rotatable bonds is 3. The van der Waals surface area contributed by atoms with Crippen LogP contribution in [0.1, 0.15) is 104 Å². The highest BCUT2D eigenvalue weighted by molar-refractivity contribution is 6.17. The van der Waals surface area contributed by atoms with Gasteiger partial charge in [0.2, 0.25) is 5.91 Å². The van der Waals surface area contributed by atoms with Crippen LogP contribution >= 0.6 is 0 Å². The number of imide groups is 1. The summed E-state index contributed by atoms with van der Waals surface area (Å²) < 4.78 is 16.3. The van der Waals surface area contributed by atoms with Gasteiger partial charge in [-0.15, -0.1) is 0 Å². The summed E-state index contributed by atoms with van der Waals surface area (Å²) in [5.74, 6) is 4.81. The summed E-state index contributed by atoms with van der Waals surface area (Å²) in [6.07, 6.45) is -0.0505. The lowest BCUT2D eigenvalue weighted by Crippen LogP contribution is -2.48. The van der Waals surface area contributed by atoms with Crippen LogP contribution in [0.2, 0.25) is 0 Å². The van der Waals surface area contributed by atoms with E-state index >= 15 is 0 Å². The van der Waals surface area contributed by atoms with Crippen LogP contribution in [-0.4, -0.2) is 85.6 Å². The van der Waals surface area contributed by atoms with Crippen molar-refractivity contribution in [1.82, 2.24) is 14.7 Å². The molecule has 0 aromatic carbocycles. The lowest BCUT2D eigenvalue weighted by molar-refractivity contribution is -0.160. The van der Waals surface area contributed by atoms with E-state index in [0.29, 0.717) is 0 Å². The van der Waals surface area contributed by atoms with E-state index in [2.05, 4.69) is 23.8 Å². The summed E-state index contributed by atoms with van der Waals surface area (Å²) >= 11 is 0. The molecule has 11 heteroatoms. The van der Waals surface area contributed by atoms with Crippen molar-refractivity contribution < 1.29 is 38.2 Å². The molecule has 0 spiro atoms. The van der Waals surface area contributed by atoms with Gasteiger partial charge in [-0.2, -0.15) is 0 Å². The maximum atomic E-state index is 13.5. The molecule has 1 atom stereocenters. The molecule has 0 saturated carbocycles. The molecule has 0 N–H and O–H groups in total. The number of carbonyl (C=O) groups excluding carboxylic acids is 5. The first-order valence-corrected chi connectivity index (χ1v) is 14.8. The first-order valence-electron chi connectivity index (χ1n) is 14.8. The molecule has 0 radical (unpaired) electrons. The van der Waals surface area contributed by atoms with Gasteiger partial charge in [0.1, 0.15) is 29.3 Å². The molecule has 0 bridgehead atoms. The fourth-order valence-corrected chi connectivity index (χ4v) is 3.69. The fourth-order valence-electron chi connectivity index (χ4n) is 3.69. The number of likely N-dealkylation sites (tertiary alicyclic amines) is 1. The highest BCUT2D eigenvalue weighted by Gasteiger charge is 2.44. The topological polar surface area (TPSA) is 123 Å². The van der Waals surface area contributed by atoms with Gasteiger partial charge >= 0.3 is 18.2 Å². The largest absolute Gasteiger partial charge is 0.459 e. The molecule has 1 aliphatic rings. The Morgan fingerprint density at radius 3 is 1.69 bits per heavy atom. The van der Waals surface area contributed by atoms with E-state index in [1.54, 1.807) is 83.1 Å². The van der Waals surface area contributed by atoms with Crippen LogP contribution in [0.25, 0.3) is 0 Å². The minimum Gasteiger partial charge on any atom is -0.459 e. The van der Waals surface area contributed by atoms with E-state index in [1.807, 2.05) is 20.8 Å². The van der Waals surface area contributed by atoms with Crippen LogP contribution < -0.4 is 0 Å². The van der Waals surface area contributed by atoms with Crippen molar-refractivity contribution in [3.63, 3.8) is 0 Å². The van der Waals surface area contributed by atoms with Crippen LogP contribution in [0.15, 0.2) is 11.6 Å². The minimum atomic E-state index is -1.28. The number of hydrogen-bond acceptors (Lipinski definition) is 8. The van der Waals surface area contributed by atoms with E-state index in [0.717, 1.165) is 4.90 Å². The summed E-state index contributed by atoms with van der Waals surface area (Å²) in [5, 5.41) is 0. The Balaban J connectivity index is 3.59. The van der Waals surface area contributed by atoms with Gasteiger partial charge in [0, 0.05) is 17.7 Å².